The number of nitrogens with two attached hydrogens (primary N) is 1. The van der Waals surface area contributed by atoms with Crippen molar-refractivity contribution < 1.29 is 4.39 Å². The summed E-state index contributed by atoms with van der Waals surface area (Å²) < 4.78 is 13.0. The van der Waals surface area contributed by atoms with Gasteiger partial charge in [0, 0.05) is 5.54 Å². The lowest BCUT2D eigenvalue weighted by Crippen LogP contribution is -2.22. The van der Waals surface area contributed by atoms with Crippen molar-refractivity contribution in [3.8, 4) is 0 Å². The van der Waals surface area contributed by atoms with Crippen molar-refractivity contribution in [3.05, 3.63) is 35.1 Å². The molecule has 2 atom stereocenters. The quantitative estimate of drug-likeness (QED) is 0.703. The predicted octanol–water partition coefficient (Wildman–Crippen LogP) is 2.33. The highest BCUT2D eigenvalue weighted by atomic mass is 19.1. The third-order valence-electron chi connectivity index (χ3n) is 3.06. The summed E-state index contributed by atoms with van der Waals surface area (Å²) in [5.41, 5.74) is 7.92. The summed E-state index contributed by atoms with van der Waals surface area (Å²) in [6.07, 6.45) is 0.970. The van der Waals surface area contributed by atoms with Crippen molar-refractivity contribution in [1.82, 2.24) is 0 Å². The molecular weight excluding hydrogens is 165 g/mol. The van der Waals surface area contributed by atoms with Gasteiger partial charge in [-0.3, -0.25) is 0 Å². The maximum absolute atomic E-state index is 13.0. The van der Waals surface area contributed by atoms with Crippen LogP contribution in [0.15, 0.2) is 18.2 Å². The van der Waals surface area contributed by atoms with Crippen LogP contribution in [0.4, 0.5) is 4.39 Å². The molecule has 1 aliphatic rings. The molecule has 0 heterocycles. The van der Waals surface area contributed by atoms with Crippen LogP contribution in [-0.2, 0) is 5.54 Å². The molecule has 13 heavy (non-hydrogen) atoms. The molecule has 1 aromatic rings. The summed E-state index contributed by atoms with van der Waals surface area (Å²) in [7, 11) is 0. The third kappa shape index (κ3) is 1.25. The largest absolute Gasteiger partial charge is 0.321 e. The number of aryl methyl sites for hydroxylation is 1. The average molecular weight is 179 g/mol. The summed E-state index contributed by atoms with van der Waals surface area (Å²) in [5.74, 6) is 0.289. The Bertz CT molecular complexity index is 348. The van der Waals surface area contributed by atoms with Crippen LogP contribution in [0.2, 0.25) is 0 Å². The van der Waals surface area contributed by atoms with Gasteiger partial charge in [0.1, 0.15) is 5.82 Å². The standard InChI is InChI=1S/C11H14FN/c1-7-3-4-9(12)5-10(7)11(13)6-8(11)2/h3-5,8H,6,13H2,1-2H3. The lowest BCUT2D eigenvalue weighted by molar-refractivity contribution is 0.607. The molecule has 0 aliphatic heterocycles. The van der Waals surface area contributed by atoms with Gasteiger partial charge in [0.25, 0.3) is 0 Å². The summed E-state index contributed by atoms with van der Waals surface area (Å²) in [4.78, 5) is 0. The van der Waals surface area contributed by atoms with E-state index in [-0.39, 0.29) is 11.4 Å². The van der Waals surface area contributed by atoms with Crippen LogP contribution in [0.5, 0.6) is 0 Å². The molecule has 2 N–H and O–H groups in total. The van der Waals surface area contributed by atoms with Crippen molar-refractivity contribution in [2.24, 2.45) is 11.7 Å². The Kier molecular flexibility index (Phi) is 1.70. The van der Waals surface area contributed by atoms with Crippen LogP contribution in [0.1, 0.15) is 24.5 Å². The van der Waals surface area contributed by atoms with Gasteiger partial charge in [0.15, 0.2) is 0 Å². The molecule has 0 radical (unpaired) electrons. The second-order valence-electron chi connectivity index (χ2n) is 4.10. The van der Waals surface area contributed by atoms with Crippen LogP contribution in [-0.4, -0.2) is 0 Å². The lowest BCUT2D eigenvalue weighted by Gasteiger charge is -2.13. The van der Waals surface area contributed by atoms with E-state index in [1.54, 1.807) is 12.1 Å². The topological polar surface area (TPSA) is 26.0 Å². The van der Waals surface area contributed by atoms with Gasteiger partial charge in [0.05, 0.1) is 0 Å². The first kappa shape index (κ1) is 8.70. The molecule has 0 bridgehead atoms. The molecule has 2 heteroatoms. The van der Waals surface area contributed by atoms with E-state index in [2.05, 4.69) is 6.92 Å². The zero-order valence-corrected chi connectivity index (χ0v) is 7.97. The van der Waals surface area contributed by atoms with E-state index >= 15 is 0 Å². The Labute approximate surface area is 77.8 Å². The molecule has 2 unspecified atom stereocenters. The first-order valence-electron chi connectivity index (χ1n) is 4.59. The number of hydrogen-bond acceptors (Lipinski definition) is 1. The van der Waals surface area contributed by atoms with E-state index in [0.717, 1.165) is 17.5 Å². The molecule has 1 fully saturated rings. The summed E-state index contributed by atoms with van der Waals surface area (Å²) in [5, 5.41) is 0. The van der Waals surface area contributed by atoms with E-state index in [9.17, 15) is 4.39 Å². The summed E-state index contributed by atoms with van der Waals surface area (Å²) >= 11 is 0. The van der Waals surface area contributed by atoms with Crippen molar-refractivity contribution in [2.75, 3.05) is 0 Å². The number of benzene rings is 1. The fourth-order valence-corrected chi connectivity index (χ4v) is 1.92. The Balaban J connectivity index is 2.46. The molecule has 1 nitrogen and oxygen atoms in total. The lowest BCUT2D eigenvalue weighted by atomic mass is 9.98. The van der Waals surface area contributed by atoms with Gasteiger partial charge in [-0.2, -0.15) is 0 Å². The number of hydrogen-bond donors (Lipinski definition) is 1. The molecule has 1 aromatic carbocycles. The Morgan fingerprint density at radius 2 is 2.15 bits per heavy atom. The minimum atomic E-state index is -0.258. The van der Waals surface area contributed by atoms with Gasteiger partial charge in [-0.05, 0) is 42.5 Å². The first-order chi connectivity index (χ1) is 6.04. The second kappa shape index (κ2) is 2.55. The van der Waals surface area contributed by atoms with E-state index in [0.29, 0.717) is 5.92 Å². The Morgan fingerprint density at radius 1 is 1.54 bits per heavy atom. The maximum Gasteiger partial charge on any atom is 0.123 e. The molecule has 0 aromatic heterocycles. The first-order valence-corrected chi connectivity index (χ1v) is 4.59. The highest BCUT2D eigenvalue weighted by Crippen LogP contribution is 2.50. The molecule has 70 valence electrons. The second-order valence-corrected chi connectivity index (χ2v) is 4.10. The third-order valence-corrected chi connectivity index (χ3v) is 3.06. The Hall–Kier alpha value is -0.890. The van der Waals surface area contributed by atoms with E-state index in [1.807, 2.05) is 6.92 Å². The molecule has 0 saturated heterocycles. The van der Waals surface area contributed by atoms with Crippen molar-refractivity contribution in [2.45, 2.75) is 25.8 Å². The van der Waals surface area contributed by atoms with Crippen LogP contribution in [0, 0.1) is 18.7 Å². The molecule has 0 spiro atoms. The van der Waals surface area contributed by atoms with Crippen molar-refractivity contribution >= 4 is 0 Å². The van der Waals surface area contributed by atoms with E-state index < -0.39 is 0 Å². The monoisotopic (exact) mass is 179 g/mol. The van der Waals surface area contributed by atoms with Gasteiger partial charge in [0.2, 0.25) is 0 Å². The predicted molar refractivity (Wildman–Crippen MR) is 50.8 cm³/mol. The average Bonchev–Trinajstić information content (AvgIpc) is 2.66. The van der Waals surface area contributed by atoms with Gasteiger partial charge < -0.3 is 5.73 Å². The fourth-order valence-electron chi connectivity index (χ4n) is 1.92. The zero-order chi connectivity index (χ0) is 9.64. The molecule has 2 rings (SSSR count). The SMILES string of the molecule is Cc1ccc(F)cc1C1(N)CC1C. The van der Waals surface area contributed by atoms with Crippen molar-refractivity contribution in [1.29, 1.82) is 0 Å². The van der Waals surface area contributed by atoms with Gasteiger partial charge in [-0.15, -0.1) is 0 Å². The van der Waals surface area contributed by atoms with Gasteiger partial charge in [-0.1, -0.05) is 13.0 Å². The molecule has 1 aliphatic carbocycles. The van der Waals surface area contributed by atoms with E-state index in [4.69, 9.17) is 5.73 Å². The number of halogens is 1. The molecule has 1 saturated carbocycles. The van der Waals surface area contributed by atoms with Gasteiger partial charge >= 0.3 is 0 Å². The van der Waals surface area contributed by atoms with Gasteiger partial charge in [-0.25, -0.2) is 4.39 Å². The van der Waals surface area contributed by atoms with E-state index in [1.165, 1.54) is 6.07 Å². The van der Waals surface area contributed by atoms with Crippen LogP contribution < -0.4 is 5.73 Å². The fraction of sp³-hybridized carbons (Fsp3) is 0.455. The highest BCUT2D eigenvalue weighted by Gasteiger charge is 2.49. The van der Waals surface area contributed by atoms with Crippen LogP contribution >= 0.6 is 0 Å². The van der Waals surface area contributed by atoms with Crippen molar-refractivity contribution in [3.63, 3.8) is 0 Å². The molecular formula is C11H14FN. The van der Waals surface area contributed by atoms with Crippen LogP contribution in [0.25, 0.3) is 0 Å². The minimum Gasteiger partial charge on any atom is -0.321 e. The Morgan fingerprint density at radius 3 is 2.69 bits per heavy atom. The van der Waals surface area contributed by atoms with Crippen LogP contribution in [0.3, 0.4) is 0 Å². The summed E-state index contributed by atoms with van der Waals surface area (Å²) in [6, 6.07) is 4.85. The number of rotatable bonds is 1. The summed E-state index contributed by atoms with van der Waals surface area (Å²) in [6.45, 7) is 4.08. The highest BCUT2D eigenvalue weighted by molar-refractivity contribution is 5.38. The normalized spacial score (nSPS) is 31.8. The molecule has 0 amide bonds. The zero-order valence-electron chi connectivity index (χ0n) is 7.97. The smallest absolute Gasteiger partial charge is 0.123 e. The maximum atomic E-state index is 13.0. The minimum absolute atomic E-state index is 0.190.